The number of carboxylic acid groups (broad SMARTS) is 1. The molecule has 0 spiro atoms. The van der Waals surface area contributed by atoms with Crippen molar-refractivity contribution in [2.75, 3.05) is 13.2 Å². The molecule has 0 aliphatic rings. The predicted octanol–water partition coefficient (Wildman–Crippen LogP) is 5.80. The Morgan fingerprint density at radius 3 is 2.27 bits per heavy atom. The number of nitrogens with zero attached hydrogens (tertiary/aromatic N) is 1. The first kappa shape index (κ1) is 30.3. The summed E-state index contributed by atoms with van der Waals surface area (Å²) in [6, 6.07) is 29.9. The molecule has 0 amide bonds. The Morgan fingerprint density at radius 2 is 1.59 bits per heavy atom. The summed E-state index contributed by atoms with van der Waals surface area (Å²) in [5, 5.41) is 20.5. The standard InChI is InChI=1S/C32H32ClNO6S/c1-23(34(20-25-8-3-2-4-9-25)21-29(35)26-10-7-11-27(33)19-26)18-24-14-16-28(17-15-24)41(38,39)31-13-6-5-12-30(31)40-22-32(36)37/h2-17,19,23,29,35H,18,20-22H2,1H3,(H,36,37)/t23-,29-/m1/s1. The number of halogens is 1. The van der Waals surface area contributed by atoms with Crippen molar-refractivity contribution in [2.24, 2.45) is 0 Å². The highest BCUT2D eigenvalue weighted by molar-refractivity contribution is 7.91. The molecule has 9 heteroatoms. The number of benzene rings is 4. The molecule has 2 N–H and O–H groups in total. The number of aliphatic hydroxyl groups is 1. The monoisotopic (exact) mass is 593 g/mol. The summed E-state index contributed by atoms with van der Waals surface area (Å²) < 4.78 is 31.9. The van der Waals surface area contributed by atoms with Crippen molar-refractivity contribution in [1.82, 2.24) is 4.90 Å². The van der Waals surface area contributed by atoms with Gasteiger partial charge in [0.25, 0.3) is 0 Å². The largest absolute Gasteiger partial charge is 0.481 e. The molecule has 214 valence electrons. The van der Waals surface area contributed by atoms with Crippen molar-refractivity contribution >= 4 is 27.4 Å². The normalized spacial score (nSPS) is 13.1. The van der Waals surface area contributed by atoms with Crippen LogP contribution in [0.4, 0.5) is 0 Å². The summed E-state index contributed by atoms with van der Waals surface area (Å²) in [5.74, 6) is -1.21. The number of ether oxygens (including phenoxy) is 1. The SMILES string of the molecule is C[C@H](Cc1ccc(S(=O)(=O)c2ccccc2OCC(=O)O)cc1)N(Cc1ccccc1)C[C@@H](O)c1cccc(Cl)c1. The van der Waals surface area contributed by atoms with Gasteiger partial charge in [0.15, 0.2) is 6.61 Å². The third kappa shape index (κ3) is 8.17. The molecule has 0 heterocycles. The second-order valence-corrected chi connectivity index (χ2v) is 12.2. The van der Waals surface area contributed by atoms with Crippen molar-refractivity contribution < 1.29 is 28.2 Å². The van der Waals surface area contributed by atoms with Gasteiger partial charge in [-0.25, -0.2) is 13.2 Å². The zero-order chi connectivity index (χ0) is 29.4. The van der Waals surface area contributed by atoms with Crippen LogP contribution in [0.2, 0.25) is 5.02 Å². The molecule has 7 nitrogen and oxygen atoms in total. The minimum absolute atomic E-state index is 0.0108. The molecule has 0 unspecified atom stereocenters. The summed E-state index contributed by atoms with van der Waals surface area (Å²) in [5.41, 5.74) is 2.79. The molecular formula is C32H32ClNO6S. The number of aliphatic hydroxyl groups excluding tert-OH is 1. The molecule has 0 aromatic heterocycles. The van der Waals surface area contributed by atoms with Crippen molar-refractivity contribution in [3.05, 3.63) is 125 Å². The smallest absolute Gasteiger partial charge is 0.341 e. The first-order chi connectivity index (χ1) is 19.6. The number of hydrogen-bond acceptors (Lipinski definition) is 6. The Labute approximate surface area is 245 Å². The van der Waals surface area contributed by atoms with E-state index in [0.29, 0.717) is 24.5 Å². The van der Waals surface area contributed by atoms with Crippen molar-refractivity contribution in [3.8, 4) is 5.75 Å². The van der Waals surface area contributed by atoms with Gasteiger partial charge in [0.2, 0.25) is 9.84 Å². The second kappa shape index (κ2) is 13.8. The number of para-hydroxylation sites is 1. The topological polar surface area (TPSA) is 104 Å². The zero-order valence-corrected chi connectivity index (χ0v) is 24.1. The summed E-state index contributed by atoms with van der Waals surface area (Å²) in [7, 11) is -3.94. The Hall–Kier alpha value is -3.69. The maximum atomic E-state index is 13.4. The summed E-state index contributed by atoms with van der Waals surface area (Å²) >= 11 is 6.15. The van der Waals surface area contributed by atoms with Crippen LogP contribution in [0.3, 0.4) is 0 Å². The van der Waals surface area contributed by atoms with Crippen LogP contribution >= 0.6 is 11.6 Å². The van der Waals surface area contributed by atoms with Gasteiger partial charge in [0.05, 0.1) is 11.0 Å². The average molecular weight is 594 g/mol. The third-order valence-corrected chi connectivity index (χ3v) is 8.79. The van der Waals surface area contributed by atoms with E-state index in [-0.39, 0.29) is 21.6 Å². The highest BCUT2D eigenvalue weighted by atomic mass is 35.5. The van der Waals surface area contributed by atoms with E-state index in [2.05, 4.69) is 11.8 Å². The van der Waals surface area contributed by atoms with E-state index in [1.807, 2.05) is 42.5 Å². The Bertz CT molecular complexity index is 1560. The van der Waals surface area contributed by atoms with Gasteiger partial charge in [-0.3, -0.25) is 4.90 Å². The van der Waals surface area contributed by atoms with E-state index in [9.17, 15) is 18.3 Å². The van der Waals surface area contributed by atoms with Gasteiger partial charge < -0.3 is 14.9 Å². The third-order valence-electron chi connectivity index (χ3n) is 6.75. The highest BCUT2D eigenvalue weighted by Gasteiger charge is 2.24. The lowest BCUT2D eigenvalue weighted by Crippen LogP contribution is -2.37. The Balaban J connectivity index is 1.52. The van der Waals surface area contributed by atoms with Gasteiger partial charge in [0, 0.05) is 24.2 Å². The van der Waals surface area contributed by atoms with Crippen LogP contribution in [0.15, 0.2) is 113 Å². The fourth-order valence-electron chi connectivity index (χ4n) is 4.59. The van der Waals surface area contributed by atoms with E-state index < -0.39 is 28.5 Å². The van der Waals surface area contributed by atoms with E-state index in [4.69, 9.17) is 21.4 Å². The van der Waals surface area contributed by atoms with Gasteiger partial charge in [0.1, 0.15) is 10.6 Å². The fraction of sp³-hybridized carbons (Fsp3) is 0.219. The molecule has 2 atom stereocenters. The molecule has 41 heavy (non-hydrogen) atoms. The molecule has 4 aromatic rings. The number of carbonyl (C=O) groups is 1. The summed E-state index contributed by atoms with van der Waals surface area (Å²) in [6.45, 7) is 2.44. The number of hydrogen-bond donors (Lipinski definition) is 2. The number of rotatable bonds is 13. The molecule has 0 radical (unpaired) electrons. The molecule has 0 saturated heterocycles. The molecule has 0 bridgehead atoms. The average Bonchev–Trinajstić information content (AvgIpc) is 2.96. The van der Waals surface area contributed by atoms with Crippen LogP contribution in [-0.4, -0.2) is 48.7 Å². The lowest BCUT2D eigenvalue weighted by molar-refractivity contribution is -0.139. The number of sulfone groups is 1. The Morgan fingerprint density at radius 1 is 0.902 bits per heavy atom. The lowest BCUT2D eigenvalue weighted by Gasteiger charge is -2.31. The first-order valence-corrected chi connectivity index (χ1v) is 15.0. The maximum absolute atomic E-state index is 13.4. The lowest BCUT2D eigenvalue weighted by atomic mass is 10.0. The summed E-state index contributed by atoms with van der Waals surface area (Å²) in [4.78, 5) is 13.1. The van der Waals surface area contributed by atoms with E-state index in [0.717, 1.165) is 16.7 Å². The first-order valence-electron chi connectivity index (χ1n) is 13.1. The molecule has 0 saturated carbocycles. The molecule has 0 aliphatic carbocycles. The molecule has 4 rings (SSSR count). The van der Waals surface area contributed by atoms with Crippen LogP contribution in [0, 0.1) is 0 Å². The van der Waals surface area contributed by atoms with E-state index in [1.54, 1.807) is 48.5 Å². The molecule has 4 aromatic carbocycles. The van der Waals surface area contributed by atoms with Crippen LogP contribution in [0.1, 0.15) is 29.7 Å². The van der Waals surface area contributed by atoms with Crippen LogP contribution < -0.4 is 4.74 Å². The quantitative estimate of drug-likeness (QED) is 0.202. The Kier molecular flexibility index (Phi) is 10.2. The fourth-order valence-corrected chi connectivity index (χ4v) is 6.19. The zero-order valence-electron chi connectivity index (χ0n) is 22.6. The van der Waals surface area contributed by atoms with Gasteiger partial charge in [-0.05, 0) is 66.4 Å². The van der Waals surface area contributed by atoms with Crippen LogP contribution in [0.25, 0.3) is 0 Å². The second-order valence-electron chi connectivity index (χ2n) is 9.82. The molecular weight excluding hydrogens is 562 g/mol. The number of aliphatic carboxylic acids is 1. The van der Waals surface area contributed by atoms with Gasteiger partial charge in [-0.1, -0.05) is 78.3 Å². The molecule has 0 fully saturated rings. The maximum Gasteiger partial charge on any atom is 0.341 e. The summed E-state index contributed by atoms with van der Waals surface area (Å²) in [6.07, 6.45) is -0.121. The van der Waals surface area contributed by atoms with Crippen molar-refractivity contribution in [2.45, 2.75) is 41.8 Å². The van der Waals surface area contributed by atoms with Gasteiger partial charge >= 0.3 is 5.97 Å². The number of carboxylic acids is 1. The van der Waals surface area contributed by atoms with Crippen LogP contribution in [0.5, 0.6) is 5.75 Å². The minimum Gasteiger partial charge on any atom is -0.481 e. The van der Waals surface area contributed by atoms with E-state index in [1.165, 1.54) is 12.1 Å². The van der Waals surface area contributed by atoms with Crippen molar-refractivity contribution in [3.63, 3.8) is 0 Å². The van der Waals surface area contributed by atoms with E-state index >= 15 is 0 Å². The predicted molar refractivity (Wildman–Crippen MR) is 158 cm³/mol. The van der Waals surface area contributed by atoms with Crippen LogP contribution in [-0.2, 0) is 27.6 Å². The highest BCUT2D eigenvalue weighted by Crippen LogP contribution is 2.30. The molecule has 0 aliphatic heterocycles. The minimum atomic E-state index is -3.94. The van der Waals surface area contributed by atoms with Gasteiger partial charge in [-0.2, -0.15) is 0 Å². The van der Waals surface area contributed by atoms with Gasteiger partial charge in [-0.15, -0.1) is 0 Å². The van der Waals surface area contributed by atoms with Crippen molar-refractivity contribution in [1.29, 1.82) is 0 Å².